The SMILES string of the molecule is CCCCCCCn1c(N(C)Cc2ccccc2)nc2c1c(=O)[nH]c(=O)n2C. The number of hydrogen-bond donors (Lipinski definition) is 1. The number of fused-ring (bicyclic) bond motifs is 1. The third-order valence-electron chi connectivity index (χ3n) is 5.08. The molecule has 3 rings (SSSR count). The second-order valence-corrected chi connectivity index (χ2v) is 7.31. The molecule has 0 fully saturated rings. The number of unbranched alkanes of at least 4 members (excludes halogenated alkanes) is 4. The van der Waals surface area contributed by atoms with Gasteiger partial charge in [-0.15, -0.1) is 0 Å². The Bertz CT molecular complexity index is 1030. The van der Waals surface area contributed by atoms with Gasteiger partial charge in [-0.3, -0.25) is 14.3 Å². The maximum absolute atomic E-state index is 12.6. The van der Waals surface area contributed by atoms with Gasteiger partial charge in [0.2, 0.25) is 5.95 Å². The van der Waals surface area contributed by atoms with Crippen molar-refractivity contribution in [1.82, 2.24) is 19.1 Å². The molecule has 0 amide bonds. The minimum Gasteiger partial charge on any atom is -0.341 e. The quantitative estimate of drug-likeness (QED) is 0.576. The monoisotopic (exact) mass is 383 g/mol. The zero-order valence-corrected chi connectivity index (χ0v) is 16.9. The Labute approximate surface area is 164 Å². The number of nitrogens with one attached hydrogen (secondary N) is 1. The van der Waals surface area contributed by atoms with Gasteiger partial charge in [0.1, 0.15) is 0 Å². The molecule has 0 bridgehead atoms. The number of aryl methyl sites for hydroxylation is 2. The molecule has 0 aliphatic heterocycles. The van der Waals surface area contributed by atoms with E-state index in [4.69, 9.17) is 0 Å². The predicted molar refractivity (Wildman–Crippen MR) is 113 cm³/mol. The van der Waals surface area contributed by atoms with Crippen LogP contribution in [0, 0.1) is 0 Å². The van der Waals surface area contributed by atoms with Crippen LogP contribution in [0.3, 0.4) is 0 Å². The molecule has 150 valence electrons. The van der Waals surface area contributed by atoms with E-state index in [9.17, 15) is 9.59 Å². The Morgan fingerprint density at radius 3 is 2.50 bits per heavy atom. The van der Waals surface area contributed by atoms with Crippen LogP contribution in [0.4, 0.5) is 5.95 Å². The molecule has 0 unspecified atom stereocenters. The molecule has 0 aliphatic carbocycles. The summed E-state index contributed by atoms with van der Waals surface area (Å²) in [5.41, 5.74) is 1.24. The van der Waals surface area contributed by atoms with E-state index in [1.54, 1.807) is 7.05 Å². The number of benzene rings is 1. The van der Waals surface area contributed by atoms with E-state index in [0.717, 1.165) is 18.4 Å². The smallest absolute Gasteiger partial charge is 0.329 e. The molecule has 28 heavy (non-hydrogen) atoms. The minimum absolute atomic E-state index is 0.376. The number of nitrogens with zero attached hydrogens (tertiary/aromatic N) is 4. The van der Waals surface area contributed by atoms with Crippen LogP contribution in [-0.4, -0.2) is 26.1 Å². The summed E-state index contributed by atoms with van der Waals surface area (Å²) in [5, 5.41) is 0. The molecule has 2 heterocycles. The maximum atomic E-state index is 12.6. The van der Waals surface area contributed by atoms with E-state index in [1.807, 2.05) is 34.7 Å². The lowest BCUT2D eigenvalue weighted by Crippen LogP contribution is -2.29. The topological polar surface area (TPSA) is 75.9 Å². The van der Waals surface area contributed by atoms with E-state index in [1.165, 1.54) is 23.8 Å². The van der Waals surface area contributed by atoms with Crippen molar-refractivity contribution in [3.63, 3.8) is 0 Å². The van der Waals surface area contributed by atoms with Crippen LogP contribution < -0.4 is 16.1 Å². The normalized spacial score (nSPS) is 11.2. The number of imidazole rings is 1. The van der Waals surface area contributed by atoms with Crippen LogP contribution in [0.2, 0.25) is 0 Å². The highest BCUT2D eigenvalue weighted by molar-refractivity contribution is 5.74. The zero-order chi connectivity index (χ0) is 20.1. The highest BCUT2D eigenvalue weighted by Crippen LogP contribution is 2.21. The fourth-order valence-electron chi connectivity index (χ4n) is 3.53. The molecule has 0 radical (unpaired) electrons. The highest BCUT2D eigenvalue weighted by atomic mass is 16.2. The van der Waals surface area contributed by atoms with E-state index in [-0.39, 0.29) is 5.56 Å². The molecule has 1 N–H and O–H groups in total. The van der Waals surface area contributed by atoms with Gasteiger partial charge in [0.25, 0.3) is 5.56 Å². The van der Waals surface area contributed by atoms with Gasteiger partial charge in [0, 0.05) is 27.2 Å². The Morgan fingerprint density at radius 2 is 1.79 bits per heavy atom. The second kappa shape index (κ2) is 8.91. The van der Waals surface area contributed by atoms with Gasteiger partial charge in [-0.2, -0.15) is 4.98 Å². The summed E-state index contributed by atoms with van der Waals surface area (Å²) in [5.74, 6) is 0.709. The Hall–Kier alpha value is -2.83. The number of hydrogen-bond acceptors (Lipinski definition) is 4. The minimum atomic E-state index is -0.442. The van der Waals surface area contributed by atoms with Gasteiger partial charge < -0.3 is 9.47 Å². The van der Waals surface area contributed by atoms with Gasteiger partial charge in [0.05, 0.1) is 0 Å². The lowest BCUT2D eigenvalue weighted by molar-refractivity contribution is 0.572. The molecule has 0 atom stereocenters. The van der Waals surface area contributed by atoms with Gasteiger partial charge in [-0.25, -0.2) is 4.79 Å². The molecule has 0 spiro atoms. The van der Waals surface area contributed by atoms with Crippen molar-refractivity contribution in [2.24, 2.45) is 7.05 Å². The first-order valence-corrected chi connectivity index (χ1v) is 9.97. The van der Waals surface area contributed by atoms with Gasteiger partial charge in [0.15, 0.2) is 11.2 Å². The van der Waals surface area contributed by atoms with Crippen LogP contribution in [0.5, 0.6) is 0 Å². The van der Waals surface area contributed by atoms with Crippen molar-refractivity contribution in [1.29, 1.82) is 0 Å². The molecular formula is C21H29N5O2. The van der Waals surface area contributed by atoms with Gasteiger partial charge in [-0.05, 0) is 12.0 Å². The molecule has 3 aromatic rings. The molecule has 1 aromatic carbocycles. The van der Waals surface area contributed by atoms with E-state index in [0.29, 0.717) is 30.2 Å². The number of rotatable bonds is 9. The fourth-order valence-corrected chi connectivity index (χ4v) is 3.53. The van der Waals surface area contributed by atoms with Crippen molar-refractivity contribution in [3.05, 3.63) is 56.7 Å². The van der Waals surface area contributed by atoms with Gasteiger partial charge >= 0.3 is 5.69 Å². The fraction of sp³-hybridized carbons (Fsp3) is 0.476. The van der Waals surface area contributed by atoms with E-state index in [2.05, 4.69) is 29.0 Å². The average molecular weight is 383 g/mol. The third-order valence-corrected chi connectivity index (χ3v) is 5.08. The Balaban J connectivity index is 1.98. The highest BCUT2D eigenvalue weighted by Gasteiger charge is 2.19. The molecule has 7 heteroatoms. The summed E-state index contributed by atoms with van der Waals surface area (Å²) < 4.78 is 3.37. The van der Waals surface area contributed by atoms with Crippen LogP contribution in [-0.2, 0) is 20.1 Å². The number of aromatic nitrogens is 4. The van der Waals surface area contributed by atoms with Crippen LogP contribution in [0.15, 0.2) is 39.9 Å². The lowest BCUT2D eigenvalue weighted by atomic mass is 10.1. The summed E-state index contributed by atoms with van der Waals surface area (Å²) in [4.78, 5) is 33.7. The van der Waals surface area contributed by atoms with Crippen LogP contribution in [0.1, 0.15) is 44.6 Å². The Kier molecular flexibility index (Phi) is 6.34. The first kappa shape index (κ1) is 19.9. The first-order chi connectivity index (χ1) is 13.5. The standard InChI is InChI=1S/C21H29N5O2/c1-4-5-6-7-11-14-26-17-18(25(3)21(28)23-19(17)27)22-20(26)24(2)15-16-12-9-8-10-13-16/h8-10,12-13H,4-7,11,14-15H2,1-3H3,(H,23,27,28). The molecule has 7 nitrogen and oxygen atoms in total. The van der Waals surface area contributed by atoms with E-state index < -0.39 is 5.69 Å². The summed E-state index contributed by atoms with van der Waals surface area (Å²) in [6, 6.07) is 10.1. The maximum Gasteiger partial charge on any atom is 0.329 e. The number of anilines is 1. The number of aromatic amines is 1. The van der Waals surface area contributed by atoms with Crippen LogP contribution >= 0.6 is 0 Å². The van der Waals surface area contributed by atoms with Crippen molar-refractivity contribution >= 4 is 17.1 Å². The molecule has 0 saturated heterocycles. The van der Waals surface area contributed by atoms with Crippen molar-refractivity contribution in [2.75, 3.05) is 11.9 Å². The molecule has 0 saturated carbocycles. The lowest BCUT2D eigenvalue weighted by Gasteiger charge is -2.20. The molecular weight excluding hydrogens is 354 g/mol. The van der Waals surface area contributed by atoms with Crippen molar-refractivity contribution in [3.8, 4) is 0 Å². The summed E-state index contributed by atoms with van der Waals surface area (Å²) in [6.07, 6.45) is 5.69. The third kappa shape index (κ3) is 4.18. The summed E-state index contributed by atoms with van der Waals surface area (Å²) >= 11 is 0. The zero-order valence-electron chi connectivity index (χ0n) is 16.9. The second-order valence-electron chi connectivity index (χ2n) is 7.31. The van der Waals surface area contributed by atoms with E-state index >= 15 is 0 Å². The van der Waals surface area contributed by atoms with Crippen molar-refractivity contribution < 1.29 is 0 Å². The van der Waals surface area contributed by atoms with Gasteiger partial charge in [-0.1, -0.05) is 62.9 Å². The Morgan fingerprint density at radius 1 is 1.07 bits per heavy atom. The molecule has 0 aliphatic rings. The molecule has 2 aromatic heterocycles. The number of H-pyrrole nitrogens is 1. The average Bonchev–Trinajstić information content (AvgIpc) is 3.07. The van der Waals surface area contributed by atoms with Crippen molar-refractivity contribution in [2.45, 2.75) is 52.1 Å². The largest absolute Gasteiger partial charge is 0.341 e. The van der Waals surface area contributed by atoms with Crippen LogP contribution in [0.25, 0.3) is 11.2 Å². The summed E-state index contributed by atoms with van der Waals surface area (Å²) in [6.45, 7) is 3.57. The predicted octanol–water partition coefficient (Wildman–Crippen LogP) is 3.03. The summed E-state index contributed by atoms with van der Waals surface area (Å²) in [7, 11) is 3.61. The first-order valence-electron chi connectivity index (χ1n) is 9.97.